The van der Waals surface area contributed by atoms with Crippen molar-refractivity contribution in [1.29, 1.82) is 0 Å². The van der Waals surface area contributed by atoms with Crippen molar-refractivity contribution in [3.63, 3.8) is 0 Å². The van der Waals surface area contributed by atoms with Crippen LogP contribution in [-0.2, 0) is 32.3 Å². The summed E-state index contributed by atoms with van der Waals surface area (Å²) in [4.78, 5) is 60.7. The molecule has 322 valence electrons. The van der Waals surface area contributed by atoms with Gasteiger partial charge in [-0.05, 0) is 79.7 Å². The quantitative estimate of drug-likeness (QED) is 0.198. The number of aromatic nitrogens is 6. The second-order valence-corrected chi connectivity index (χ2v) is 16.8. The molecule has 0 unspecified atom stereocenters. The van der Waals surface area contributed by atoms with Gasteiger partial charge in [-0.25, -0.2) is 19.0 Å². The Balaban J connectivity index is 1.32. The second-order valence-electron chi connectivity index (χ2n) is 16.8. The molecule has 2 saturated heterocycles. The number of rotatable bonds is 11. The van der Waals surface area contributed by atoms with Gasteiger partial charge >= 0.3 is 12.2 Å². The van der Waals surface area contributed by atoms with Crippen LogP contribution in [0.2, 0.25) is 0 Å². The molecule has 0 N–H and O–H groups in total. The van der Waals surface area contributed by atoms with Crippen molar-refractivity contribution >= 4 is 24.0 Å². The molecule has 2 fully saturated rings. The van der Waals surface area contributed by atoms with Crippen LogP contribution in [0.4, 0.5) is 9.59 Å². The van der Waals surface area contributed by atoms with Gasteiger partial charge in [-0.3, -0.25) is 9.59 Å². The van der Waals surface area contributed by atoms with Gasteiger partial charge in [-0.15, -0.1) is 10.2 Å². The van der Waals surface area contributed by atoms with Crippen LogP contribution < -0.4 is 9.47 Å². The van der Waals surface area contributed by atoms with Gasteiger partial charge in [0.25, 0.3) is 0 Å². The Bertz CT molecular complexity index is 1950. The predicted octanol–water partition coefficient (Wildman–Crippen LogP) is 4.98. The third-order valence-corrected chi connectivity index (χ3v) is 9.92. The molecule has 2 aromatic carbocycles. The van der Waals surface area contributed by atoms with Crippen molar-refractivity contribution in [3.8, 4) is 22.9 Å². The van der Waals surface area contributed by atoms with Crippen molar-refractivity contribution in [1.82, 2.24) is 49.6 Å². The van der Waals surface area contributed by atoms with E-state index in [-0.39, 0.29) is 25.0 Å². The summed E-state index contributed by atoms with van der Waals surface area (Å²) in [6, 6.07) is 16.7. The largest absolute Gasteiger partial charge is 0.487 e. The van der Waals surface area contributed by atoms with Gasteiger partial charge in [0.15, 0.2) is 0 Å². The zero-order valence-corrected chi connectivity index (χ0v) is 35.7. The van der Waals surface area contributed by atoms with Gasteiger partial charge in [0.05, 0.1) is 0 Å². The van der Waals surface area contributed by atoms with Gasteiger partial charge in [0, 0.05) is 52.4 Å². The zero-order valence-electron chi connectivity index (χ0n) is 35.7. The summed E-state index contributed by atoms with van der Waals surface area (Å²) >= 11 is 0. The lowest BCUT2D eigenvalue weighted by atomic mass is 10.1. The van der Waals surface area contributed by atoms with E-state index < -0.39 is 35.5 Å². The molecule has 4 heterocycles. The molecule has 2 aliphatic rings. The van der Waals surface area contributed by atoms with Crippen molar-refractivity contribution in [2.45, 2.75) is 91.9 Å². The molecule has 6 rings (SSSR count). The minimum absolute atomic E-state index is 0.0338. The first-order valence-electron chi connectivity index (χ1n) is 20.3. The van der Waals surface area contributed by atoms with Crippen LogP contribution in [-0.4, -0.2) is 137 Å². The highest BCUT2D eigenvalue weighted by Crippen LogP contribution is 2.33. The first kappa shape index (κ1) is 43.4. The van der Waals surface area contributed by atoms with Crippen LogP contribution >= 0.6 is 0 Å². The number of piperazine rings is 2. The number of amides is 4. The number of para-hydroxylation sites is 2. The highest BCUT2D eigenvalue weighted by atomic mass is 16.6. The molecule has 4 amide bonds. The van der Waals surface area contributed by atoms with Gasteiger partial charge in [-0.2, -0.15) is 0 Å². The van der Waals surface area contributed by atoms with Crippen molar-refractivity contribution < 1.29 is 38.1 Å². The molecule has 18 nitrogen and oxygen atoms in total. The Kier molecular flexibility index (Phi) is 13.3. The Morgan fingerprint density at radius 2 is 0.850 bits per heavy atom. The van der Waals surface area contributed by atoms with Crippen LogP contribution in [0.1, 0.15) is 78.9 Å². The van der Waals surface area contributed by atoms with Crippen molar-refractivity contribution in [3.05, 3.63) is 72.1 Å². The molecular formula is C42H56N10O8. The first-order chi connectivity index (χ1) is 28.5. The monoisotopic (exact) mass is 828 g/mol. The summed E-state index contributed by atoms with van der Waals surface area (Å²) < 4.78 is 26.5. The summed E-state index contributed by atoms with van der Waals surface area (Å²) in [7, 11) is 0. The SMILES string of the molecule is C[C@@H](C(=O)N1CCN(C(=O)OC(C)(C)C)CC1)n1nnc(COc2ccccc2)c1-c1c(COc2ccccc2)nnn1[C@@H](C)C(=O)N1CCN(C(=O)OC(C)(C)C)CC1. The maximum absolute atomic E-state index is 14.3. The van der Waals surface area contributed by atoms with Crippen LogP contribution in [0.5, 0.6) is 11.5 Å². The number of carbonyl (C=O) groups excluding carboxylic acids is 4. The fraction of sp³-hybridized carbons (Fsp3) is 0.524. The highest BCUT2D eigenvalue weighted by Gasteiger charge is 2.37. The van der Waals surface area contributed by atoms with E-state index in [9.17, 15) is 19.2 Å². The van der Waals surface area contributed by atoms with Crippen molar-refractivity contribution in [2.75, 3.05) is 52.4 Å². The van der Waals surface area contributed by atoms with E-state index >= 15 is 0 Å². The van der Waals surface area contributed by atoms with Gasteiger partial charge in [-0.1, -0.05) is 46.8 Å². The summed E-state index contributed by atoms with van der Waals surface area (Å²) in [6.07, 6.45) is -0.854. The fourth-order valence-corrected chi connectivity index (χ4v) is 6.83. The number of nitrogens with zero attached hydrogens (tertiary/aromatic N) is 10. The molecule has 18 heteroatoms. The van der Waals surface area contributed by atoms with E-state index in [4.69, 9.17) is 18.9 Å². The lowest BCUT2D eigenvalue weighted by Crippen LogP contribution is -2.53. The molecule has 60 heavy (non-hydrogen) atoms. The van der Waals surface area contributed by atoms with E-state index in [1.54, 1.807) is 33.4 Å². The minimum Gasteiger partial charge on any atom is -0.487 e. The Hall–Kier alpha value is -6.20. The molecule has 2 aromatic heterocycles. The average Bonchev–Trinajstić information content (AvgIpc) is 3.84. The zero-order chi connectivity index (χ0) is 43.2. The normalized spacial score (nSPS) is 15.9. The lowest BCUT2D eigenvalue weighted by Gasteiger charge is -2.37. The number of ether oxygens (including phenoxy) is 4. The van der Waals surface area contributed by atoms with E-state index in [0.717, 1.165) is 0 Å². The summed E-state index contributed by atoms with van der Waals surface area (Å²) in [5, 5.41) is 18.1. The fourth-order valence-electron chi connectivity index (χ4n) is 6.83. The van der Waals surface area contributed by atoms with Gasteiger partial charge in [0.1, 0.15) is 70.8 Å². The van der Waals surface area contributed by atoms with Crippen LogP contribution in [0.15, 0.2) is 60.7 Å². The predicted molar refractivity (Wildman–Crippen MR) is 219 cm³/mol. The molecule has 0 bridgehead atoms. The molecule has 0 spiro atoms. The van der Waals surface area contributed by atoms with Crippen LogP contribution in [0.25, 0.3) is 11.4 Å². The summed E-state index contributed by atoms with van der Waals surface area (Å²) in [5.41, 5.74) is 0.229. The highest BCUT2D eigenvalue weighted by molar-refractivity contribution is 5.83. The number of carbonyl (C=O) groups is 4. The Morgan fingerprint density at radius 1 is 0.533 bits per heavy atom. The van der Waals surface area contributed by atoms with E-state index in [1.807, 2.05) is 102 Å². The maximum Gasteiger partial charge on any atom is 0.410 e. The van der Waals surface area contributed by atoms with Crippen LogP contribution in [0, 0.1) is 0 Å². The number of hydrogen-bond acceptors (Lipinski definition) is 12. The molecule has 4 aromatic rings. The molecule has 0 radical (unpaired) electrons. The standard InChI is InChI=1S/C42H56N10O8/c1-29(37(53)47-19-23-49(24-20-47)39(55)59-41(3,4)5)51-35(33(43-45-51)27-57-31-15-11-9-12-16-31)36-34(28-58-32-17-13-10-14-18-32)44-46-52(36)30(2)38(54)48-21-25-50(26-22-48)40(56)60-42(6,7)8/h9-18,29-30H,19-28H2,1-8H3/t29-,30-/m0/s1. The summed E-state index contributed by atoms with van der Waals surface area (Å²) in [6.45, 7) is 16.6. The van der Waals surface area contributed by atoms with Crippen molar-refractivity contribution in [2.24, 2.45) is 0 Å². The minimum atomic E-state index is -0.885. The number of benzene rings is 2. The van der Waals surface area contributed by atoms with E-state index in [2.05, 4.69) is 20.6 Å². The van der Waals surface area contributed by atoms with Gasteiger partial charge < -0.3 is 38.5 Å². The smallest absolute Gasteiger partial charge is 0.410 e. The Labute approximate surface area is 350 Å². The average molecular weight is 829 g/mol. The number of hydrogen-bond donors (Lipinski definition) is 0. The van der Waals surface area contributed by atoms with Crippen LogP contribution in [0.3, 0.4) is 0 Å². The Morgan fingerprint density at radius 3 is 1.17 bits per heavy atom. The molecule has 2 aliphatic heterocycles. The molecule has 2 atom stereocenters. The van der Waals surface area contributed by atoms with E-state index in [1.165, 1.54) is 9.36 Å². The topological polar surface area (TPSA) is 180 Å². The lowest BCUT2D eigenvalue weighted by molar-refractivity contribution is -0.137. The third kappa shape index (κ3) is 10.7. The van der Waals surface area contributed by atoms with Gasteiger partial charge in [0.2, 0.25) is 11.8 Å². The molecule has 0 saturated carbocycles. The molecular weight excluding hydrogens is 773 g/mol. The molecule has 0 aliphatic carbocycles. The third-order valence-electron chi connectivity index (χ3n) is 9.92. The van der Waals surface area contributed by atoms with E-state index in [0.29, 0.717) is 86.6 Å². The second kappa shape index (κ2) is 18.4. The maximum atomic E-state index is 14.3. The summed E-state index contributed by atoms with van der Waals surface area (Å²) in [5.74, 6) is 0.707. The first-order valence-corrected chi connectivity index (χ1v) is 20.3.